The molecule has 1 rings (SSSR count). The van der Waals surface area contributed by atoms with E-state index >= 15 is 0 Å². The van der Waals surface area contributed by atoms with Crippen LogP contribution in [-0.2, 0) is 11.2 Å². The van der Waals surface area contributed by atoms with E-state index in [2.05, 4.69) is 5.32 Å². The third kappa shape index (κ3) is 6.96. The molecule has 0 saturated heterocycles. The number of aliphatic carboxylic acids is 1. The van der Waals surface area contributed by atoms with Gasteiger partial charge in [-0.3, -0.25) is 4.79 Å². The van der Waals surface area contributed by atoms with Crippen LogP contribution in [0.1, 0.15) is 18.4 Å². The number of nitrogens with one attached hydrogen (secondary N) is 2. The molecule has 2 amide bonds. The highest BCUT2D eigenvalue weighted by Crippen LogP contribution is 2.23. The van der Waals surface area contributed by atoms with Crippen LogP contribution in [0.3, 0.4) is 0 Å². The topological polar surface area (TPSA) is 78.4 Å². The summed E-state index contributed by atoms with van der Waals surface area (Å²) in [4.78, 5) is 21.6. The van der Waals surface area contributed by atoms with Crippen LogP contribution in [-0.4, -0.2) is 35.9 Å². The molecule has 8 heteroatoms. The number of hydrogen-bond acceptors (Lipinski definition) is 2. The monoisotopic (exact) mass is 318 g/mol. The van der Waals surface area contributed by atoms with Crippen molar-refractivity contribution >= 4 is 12.0 Å². The van der Waals surface area contributed by atoms with Crippen LogP contribution in [0.25, 0.3) is 0 Å². The zero-order valence-corrected chi connectivity index (χ0v) is 11.7. The number of carbonyl (C=O) groups excluding carboxylic acids is 1. The van der Waals surface area contributed by atoms with Gasteiger partial charge in [0.25, 0.3) is 0 Å². The number of hydrogen-bond donors (Lipinski definition) is 3. The molecule has 0 aliphatic carbocycles. The molecule has 22 heavy (non-hydrogen) atoms. The first kappa shape index (κ1) is 17.8. The van der Waals surface area contributed by atoms with Crippen molar-refractivity contribution in [2.75, 3.05) is 6.54 Å². The van der Waals surface area contributed by atoms with Crippen LogP contribution in [0.5, 0.6) is 0 Å². The minimum Gasteiger partial charge on any atom is -0.481 e. The summed E-state index contributed by atoms with van der Waals surface area (Å²) >= 11 is 0. The van der Waals surface area contributed by atoms with Gasteiger partial charge < -0.3 is 15.7 Å². The molecule has 0 heterocycles. The number of halogens is 3. The normalized spacial score (nSPS) is 12.5. The maximum absolute atomic E-state index is 12.9. The summed E-state index contributed by atoms with van der Waals surface area (Å²) in [5.41, 5.74) is 0.741. The van der Waals surface area contributed by atoms with Crippen molar-refractivity contribution in [3.05, 3.63) is 35.9 Å². The van der Waals surface area contributed by atoms with Gasteiger partial charge in [0.2, 0.25) is 0 Å². The molecule has 1 aromatic carbocycles. The van der Waals surface area contributed by atoms with Crippen LogP contribution in [0.2, 0.25) is 0 Å². The summed E-state index contributed by atoms with van der Waals surface area (Å²) in [7, 11) is 0. The minimum absolute atomic E-state index is 0.167. The second-order valence-corrected chi connectivity index (χ2v) is 4.66. The average Bonchev–Trinajstić information content (AvgIpc) is 2.43. The molecule has 1 aromatic rings. The summed E-state index contributed by atoms with van der Waals surface area (Å²) < 4.78 is 38.7. The Balaban J connectivity index is 2.50. The third-order valence-corrected chi connectivity index (χ3v) is 2.89. The summed E-state index contributed by atoms with van der Waals surface area (Å²) in [5.74, 6) is -1.14. The highest BCUT2D eigenvalue weighted by atomic mass is 19.4. The molecule has 0 saturated carbocycles. The average molecular weight is 318 g/mol. The van der Waals surface area contributed by atoms with Crippen molar-refractivity contribution in [1.29, 1.82) is 0 Å². The first-order valence-corrected chi connectivity index (χ1v) is 6.66. The minimum atomic E-state index is -4.57. The van der Waals surface area contributed by atoms with E-state index in [0.717, 1.165) is 5.56 Å². The SMILES string of the molecule is O=C(O)CCNC(=O)NC(CCc1ccccc1)C(F)(F)F. The molecule has 0 aromatic heterocycles. The van der Waals surface area contributed by atoms with Gasteiger partial charge in [-0.05, 0) is 18.4 Å². The first-order chi connectivity index (χ1) is 10.3. The fourth-order valence-electron chi connectivity index (χ4n) is 1.77. The quantitative estimate of drug-likeness (QED) is 0.722. The Morgan fingerprint density at radius 3 is 2.36 bits per heavy atom. The fraction of sp³-hybridized carbons (Fsp3) is 0.429. The molecular weight excluding hydrogens is 301 g/mol. The zero-order chi connectivity index (χ0) is 16.6. The zero-order valence-electron chi connectivity index (χ0n) is 11.7. The number of carboxylic acids is 1. The lowest BCUT2D eigenvalue weighted by Gasteiger charge is -2.21. The van der Waals surface area contributed by atoms with Crippen LogP contribution in [0.4, 0.5) is 18.0 Å². The number of alkyl halides is 3. The van der Waals surface area contributed by atoms with Gasteiger partial charge in [0.05, 0.1) is 6.42 Å². The Bertz CT molecular complexity index is 492. The molecule has 5 nitrogen and oxygen atoms in total. The highest BCUT2D eigenvalue weighted by molar-refractivity contribution is 5.75. The molecule has 0 aliphatic rings. The van der Waals surface area contributed by atoms with Crippen LogP contribution < -0.4 is 10.6 Å². The van der Waals surface area contributed by atoms with Crippen molar-refractivity contribution in [3.63, 3.8) is 0 Å². The number of rotatable bonds is 7. The van der Waals surface area contributed by atoms with Crippen LogP contribution in [0.15, 0.2) is 30.3 Å². The summed E-state index contributed by atoms with van der Waals surface area (Å²) in [6.45, 7) is -0.232. The van der Waals surface area contributed by atoms with E-state index in [9.17, 15) is 22.8 Å². The van der Waals surface area contributed by atoms with Crippen molar-refractivity contribution in [3.8, 4) is 0 Å². The number of urea groups is 1. The van der Waals surface area contributed by atoms with E-state index in [1.807, 2.05) is 5.32 Å². The Hall–Kier alpha value is -2.25. The number of amides is 2. The van der Waals surface area contributed by atoms with Gasteiger partial charge in [0, 0.05) is 6.54 Å². The number of benzene rings is 1. The van der Waals surface area contributed by atoms with E-state index in [4.69, 9.17) is 5.11 Å². The van der Waals surface area contributed by atoms with Gasteiger partial charge in [-0.2, -0.15) is 13.2 Å². The standard InChI is InChI=1S/C14H17F3N2O3/c15-14(16,17)11(7-6-10-4-2-1-3-5-10)19-13(22)18-9-8-12(20)21/h1-5,11H,6-9H2,(H,20,21)(H2,18,19,22). The van der Waals surface area contributed by atoms with E-state index in [-0.39, 0.29) is 25.8 Å². The smallest absolute Gasteiger partial charge is 0.408 e. The maximum atomic E-state index is 12.9. The van der Waals surface area contributed by atoms with Gasteiger partial charge in [0.1, 0.15) is 6.04 Å². The van der Waals surface area contributed by atoms with Crippen LogP contribution in [0, 0.1) is 0 Å². The molecule has 1 atom stereocenters. The largest absolute Gasteiger partial charge is 0.481 e. The van der Waals surface area contributed by atoms with E-state index in [1.54, 1.807) is 30.3 Å². The first-order valence-electron chi connectivity index (χ1n) is 6.66. The van der Waals surface area contributed by atoms with E-state index in [1.165, 1.54) is 0 Å². The highest BCUT2D eigenvalue weighted by Gasteiger charge is 2.40. The molecule has 0 spiro atoms. The molecule has 122 valence electrons. The summed E-state index contributed by atoms with van der Waals surface area (Å²) in [6.07, 6.45) is -5.05. The van der Waals surface area contributed by atoms with Crippen molar-refractivity contribution in [2.45, 2.75) is 31.5 Å². The van der Waals surface area contributed by atoms with E-state index < -0.39 is 24.2 Å². The predicted octanol–water partition coefficient (Wildman–Crippen LogP) is 2.32. The predicted molar refractivity (Wildman–Crippen MR) is 73.4 cm³/mol. The molecule has 0 radical (unpaired) electrons. The Kier molecular flexibility index (Phi) is 6.68. The number of carbonyl (C=O) groups is 2. The van der Waals surface area contributed by atoms with Gasteiger partial charge in [-0.1, -0.05) is 30.3 Å². The van der Waals surface area contributed by atoms with Gasteiger partial charge in [0.15, 0.2) is 0 Å². The molecular formula is C14H17F3N2O3. The molecule has 0 aliphatic heterocycles. The Morgan fingerprint density at radius 2 is 1.82 bits per heavy atom. The lowest BCUT2D eigenvalue weighted by molar-refractivity contribution is -0.154. The van der Waals surface area contributed by atoms with Gasteiger partial charge in [-0.25, -0.2) is 4.79 Å². The van der Waals surface area contributed by atoms with Crippen molar-refractivity contribution in [2.24, 2.45) is 0 Å². The molecule has 0 bridgehead atoms. The second kappa shape index (κ2) is 8.26. The van der Waals surface area contributed by atoms with Gasteiger partial charge in [-0.15, -0.1) is 0 Å². The fourth-order valence-corrected chi connectivity index (χ4v) is 1.77. The van der Waals surface area contributed by atoms with Crippen molar-refractivity contribution in [1.82, 2.24) is 10.6 Å². The number of aryl methyl sites for hydroxylation is 1. The second-order valence-electron chi connectivity index (χ2n) is 4.66. The lowest BCUT2D eigenvalue weighted by atomic mass is 10.1. The lowest BCUT2D eigenvalue weighted by Crippen LogP contribution is -2.49. The summed E-state index contributed by atoms with van der Waals surface area (Å²) in [5, 5.41) is 12.3. The maximum Gasteiger partial charge on any atom is 0.408 e. The Labute approximate surface area is 125 Å². The van der Waals surface area contributed by atoms with E-state index in [0.29, 0.717) is 0 Å². The van der Waals surface area contributed by atoms with Crippen LogP contribution >= 0.6 is 0 Å². The Morgan fingerprint density at radius 1 is 1.18 bits per heavy atom. The third-order valence-electron chi connectivity index (χ3n) is 2.89. The molecule has 1 unspecified atom stereocenters. The molecule has 3 N–H and O–H groups in total. The van der Waals surface area contributed by atoms with Gasteiger partial charge >= 0.3 is 18.2 Å². The summed E-state index contributed by atoms with van der Waals surface area (Å²) in [6, 6.07) is 5.61. The van der Waals surface area contributed by atoms with Crippen molar-refractivity contribution < 1.29 is 27.9 Å². The number of carboxylic acid groups (broad SMARTS) is 1. The molecule has 0 fully saturated rings.